The van der Waals surface area contributed by atoms with E-state index in [0.717, 1.165) is 22.6 Å². The fraction of sp³-hybridized carbons (Fsp3) is 0.263. The van der Waals surface area contributed by atoms with Gasteiger partial charge in [0.05, 0.1) is 6.54 Å². The Morgan fingerprint density at radius 2 is 1.76 bits per heavy atom. The van der Waals surface area contributed by atoms with Gasteiger partial charge in [-0.2, -0.15) is 0 Å². The van der Waals surface area contributed by atoms with Crippen LogP contribution in [0.5, 0.6) is 0 Å². The summed E-state index contributed by atoms with van der Waals surface area (Å²) in [4.78, 5) is 24.8. The van der Waals surface area contributed by atoms with E-state index in [1.807, 2.05) is 19.1 Å². The Hall–Kier alpha value is -2.34. The molecule has 0 fully saturated rings. The second-order valence-corrected chi connectivity index (χ2v) is 6.67. The number of hydrogen-bond acceptors (Lipinski definition) is 3. The lowest BCUT2D eigenvalue weighted by Crippen LogP contribution is -2.37. The zero-order chi connectivity index (χ0) is 18.1. The van der Waals surface area contributed by atoms with Crippen molar-refractivity contribution in [3.63, 3.8) is 0 Å². The number of hydrogen-bond donors (Lipinski definition) is 2. The van der Waals surface area contributed by atoms with E-state index < -0.39 is 0 Å². The summed E-state index contributed by atoms with van der Waals surface area (Å²) in [6.07, 6.45) is 0.791. The van der Waals surface area contributed by atoms with E-state index >= 15 is 0 Å². The van der Waals surface area contributed by atoms with Crippen LogP contribution >= 0.6 is 11.8 Å². The number of halogens is 1. The first-order valence-corrected chi connectivity index (χ1v) is 9.04. The summed E-state index contributed by atoms with van der Waals surface area (Å²) in [5.41, 5.74) is 1.45. The average Bonchev–Trinajstić information content (AvgIpc) is 2.61. The number of carbonyl (C=O) groups excluding carboxylic acids is 2. The summed E-state index contributed by atoms with van der Waals surface area (Å²) in [6.45, 7) is 2.35. The van der Waals surface area contributed by atoms with Gasteiger partial charge in [-0.15, -0.1) is 11.8 Å². The van der Waals surface area contributed by atoms with Gasteiger partial charge in [0, 0.05) is 17.0 Å². The number of carbonyl (C=O) groups is 2. The molecule has 2 aromatic rings. The molecule has 2 rings (SSSR count). The zero-order valence-electron chi connectivity index (χ0n) is 14.0. The molecule has 0 aromatic heterocycles. The van der Waals surface area contributed by atoms with Gasteiger partial charge in [-0.3, -0.25) is 9.59 Å². The number of nitrogens with one attached hydrogen (secondary N) is 2. The third-order valence-electron chi connectivity index (χ3n) is 3.52. The Kier molecular flexibility index (Phi) is 7.47. The molecule has 2 N–H and O–H groups in total. The highest BCUT2D eigenvalue weighted by Crippen LogP contribution is 2.18. The largest absolute Gasteiger partial charge is 0.355 e. The van der Waals surface area contributed by atoms with Crippen molar-refractivity contribution in [2.24, 2.45) is 0 Å². The highest BCUT2D eigenvalue weighted by molar-refractivity contribution is 7.99. The quantitative estimate of drug-likeness (QED) is 0.562. The first kappa shape index (κ1) is 19.0. The van der Waals surface area contributed by atoms with Crippen molar-refractivity contribution in [2.75, 3.05) is 18.8 Å². The van der Waals surface area contributed by atoms with Crippen molar-refractivity contribution in [3.05, 3.63) is 65.5 Å². The molecule has 132 valence electrons. The number of amides is 2. The zero-order valence-corrected chi connectivity index (χ0v) is 14.9. The smallest absolute Gasteiger partial charge is 0.251 e. The van der Waals surface area contributed by atoms with Crippen LogP contribution in [0.4, 0.5) is 4.39 Å². The van der Waals surface area contributed by atoms with E-state index in [9.17, 15) is 14.0 Å². The van der Waals surface area contributed by atoms with Gasteiger partial charge in [0.15, 0.2) is 0 Å². The van der Waals surface area contributed by atoms with Crippen LogP contribution < -0.4 is 10.6 Å². The van der Waals surface area contributed by atoms with Crippen LogP contribution in [0.1, 0.15) is 22.3 Å². The van der Waals surface area contributed by atoms with Crippen molar-refractivity contribution in [1.29, 1.82) is 0 Å². The molecule has 0 saturated heterocycles. The van der Waals surface area contributed by atoms with Crippen LogP contribution in [0.2, 0.25) is 0 Å². The van der Waals surface area contributed by atoms with Crippen LogP contribution in [0, 0.1) is 12.7 Å². The molecule has 2 amide bonds. The summed E-state index contributed by atoms with van der Waals surface area (Å²) in [5, 5.41) is 5.39. The van der Waals surface area contributed by atoms with Crippen molar-refractivity contribution < 1.29 is 14.0 Å². The number of aryl methyl sites for hydroxylation is 1. The molecular weight excluding hydrogens is 339 g/mol. The molecule has 0 aliphatic rings. The Morgan fingerprint density at radius 3 is 2.48 bits per heavy atom. The molecule has 0 aliphatic heterocycles. The minimum absolute atomic E-state index is 0.0434. The minimum Gasteiger partial charge on any atom is -0.355 e. The first-order chi connectivity index (χ1) is 12.1. The highest BCUT2D eigenvalue weighted by atomic mass is 32.2. The van der Waals surface area contributed by atoms with Crippen molar-refractivity contribution >= 4 is 23.6 Å². The Balaban J connectivity index is 1.60. The van der Waals surface area contributed by atoms with Gasteiger partial charge in [-0.1, -0.05) is 18.2 Å². The van der Waals surface area contributed by atoms with Crippen LogP contribution in [-0.2, 0) is 4.79 Å². The van der Waals surface area contributed by atoms with Crippen molar-refractivity contribution in [1.82, 2.24) is 10.6 Å². The van der Waals surface area contributed by atoms with E-state index in [0.29, 0.717) is 12.1 Å². The highest BCUT2D eigenvalue weighted by Gasteiger charge is 2.09. The fourth-order valence-electron chi connectivity index (χ4n) is 2.17. The Bertz CT molecular complexity index is 720. The second-order valence-electron chi connectivity index (χ2n) is 5.50. The van der Waals surface area contributed by atoms with Gasteiger partial charge < -0.3 is 10.6 Å². The maximum absolute atomic E-state index is 12.8. The maximum atomic E-state index is 12.8. The topological polar surface area (TPSA) is 58.2 Å². The van der Waals surface area contributed by atoms with Crippen molar-refractivity contribution in [3.8, 4) is 0 Å². The molecule has 0 radical (unpaired) electrons. The molecule has 0 heterocycles. The number of thioether (sulfide) groups is 1. The average molecular weight is 360 g/mol. The second kappa shape index (κ2) is 9.84. The summed E-state index contributed by atoms with van der Waals surface area (Å²) >= 11 is 1.61. The molecule has 0 atom stereocenters. The van der Waals surface area contributed by atoms with E-state index in [-0.39, 0.29) is 24.2 Å². The predicted octanol–water partition coefficient (Wildman–Crippen LogP) is 3.16. The van der Waals surface area contributed by atoms with E-state index in [1.54, 1.807) is 36.0 Å². The molecule has 0 unspecified atom stereocenters. The van der Waals surface area contributed by atoms with E-state index in [4.69, 9.17) is 0 Å². The molecule has 0 saturated carbocycles. The van der Waals surface area contributed by atoms with Gasteiger partial charge in [-0.25, -0.2) is 4.39 Å². The van der Waals surface area contributed by atoms with Crippen LogP contribution in [-0.4, -0.2) is 30.7 Å². The van der Waals surface area contributed by atoms with Gasteiger partial charge in [0.1, 0.15) is 5.82 Å². The maximum Gasteiger partial charge on any atom is 0.251 e. The standard InChI is InChI=1S/C19H21FN2O2S/c1-14-5-2-3-6-17(14)19(24)22-13-18(23)21-11-4-12-25-16-9-7-15(20)8-10-16/h2-3,5-10H,4,11-13H2,1H3,(H,21,23)(H,22,24). The van der Waals surface area contributed by atoms with E-state index in [1.165, 1.54) is 12.1 Å². The Labute approximate surface area is 151 Å². The summed E-state index contributed by atoms with van der Waals surface area (Å²) in [5.74, 6) is 0.111. The lowest BCUT2D eigenvalue weighted by molar-refractivity contribution is -0.120. The van der Waals surface area contributed by atoms with E-state index in [2.05, 4.69) is 10.6 Å². The summed E-state index contributed by atoms with van der Waals surface area (Å²) in [6, 6.07) is 13.6. The summed E-state index contributed by atoms with van der Waals surface area (Å²) < 4.78 is 12.8. The third kappa shape index (κ3) is 6.58. The van der Waals surface area contributed by atoms with Crippen LogP contribution in [0.3, 0.4) is 0 Å². The van der Waals surface area contributed by atoms with Crippen molar-refractivity contribution in [2.45, 2.75) is 18.2 Å². The minimum atomic E-state index is -0.250. The molecule has 0 spiro atoms. The molecule has 4 nitrogen and oxygen atoms in total. The van der Waals surface area contributed by atoms with Crippen LogP contribution in [0.15, 0.2) is 53.4 Å². The predicted molar refractivity (Wildman–Crippen MR) is 98.3 cm³/mol. The lowest BCUT2D eigenvalue weighted by Gasteiger charge is -2.08. The van der Waals surface area contributed by atoms with Crippen LogP contribution in [0.25, 0.3) is 0 Å². The van der Waals surface area contributed by atoms with Gasteiger partial charge in [0.2, 0.25) is 5.91 Å². The third-order valence-corrected chi connectivity index (χ3v) is 4.62. The van der Waals surface area contributed by atoms with Gasteiger partial charge in [0.25, 0.3) is 5.91 Å². The lowest BCUT2D eigenvalue weighted by atomic mass is 10.1. The molecule has 25 heavy (non-hydrogen) atoms. The van der Waals surface area contributed by atoms with Gasteiger partial charge in [-0.05, 0) is 55.0 Å². The molecule has 0 bridgehead atoms. The Morgan fingerprint density at radius 1 is 1.04 bits per heavy atom. The number of benzene rings is 2. The summed E-state index contributed by atoms with van der Waals surface area (Å²) in [7, 11) is 0. The molecule has 6 heteroatoms. The fourth-order valence-corrected chi connectivity index (χ4v) is 3.02. The normalized spacial score (nSPS) is 10.3. The molecule has 2 aromatic carbocycles. The first-order valence-electron chi connectivity index (χ1n) is 8.05. The SMILES string of the molecule is Cc1ccccc1C(=O)NCC(=O)NCCCSc1ccc(F)cc1. The number of rotatable bonds is 8. The molecule has 0 aliphatic carbocycles. The van der Waals surface area contributed by atoms with Gasteiger partial charge >= 0.3 is 0 Å². The molecular formula is C19H21FN2O2S. The monoisotopic (exact) mass is 360 g/mol.